The monoisotopic (exact) mass is 236 g/mol. The van der Waals surface area contributed by atoms with E-state index in [1.54, 1.807) is 18.3 Å². The zero-order chi connectivity index (χ0) is 12.1. The highest BCUT2D eigenvalue weighted by atomic mass is 16.5. The van der Waals surface area contributed by atoms with Crippen LogP contribution in [-0.4, -0.2) is 43.2 Å². The number of amides is 1. The molecule has 1 unspecified atom stereocenters. The standard InChI is InChI=1S/C11H16N4O2/c12-10(16)9-2-1-3-14-11(9)15-6-8-7-17-5-4-13-8/h1-3,8,13H,4-7H2,(H2,12,16)(H,14,15). The van der Waals surface area contributed by atoms with Crippen molar-refractivity contribution >= 4 is 11.7 Å². The molecule has 2 rings (SSSR count). The molecular weight excluding hydrogens is 220 g/mol. The van der Waals surface area contributed by atoms with Gasteiger partial charge in [0.1, 0.15) is 5.82 Å². The number of pyridine rings is 1. The molecule has 6 nitrogen and oxygen atoms in total. The first-order valence-corrected chi connectivity index (χ1v) is 5.57. The number of carbonyl (C=O) groups excluding carboxylic acids is 1. The molecule has 0 spiro atoms. The molecule has 0 aromatic carbocycles. The Hall–Kier alpha value is -1.66. The van der Waals surface area contributed by atoms with Gasteiger partial charge in [-0.05, 0) is 12.1 Å². The van der Waals surface area contributed by atoms with E-state index in [1.807, 2.05) is 0 Å². The number of hydrogen-bond donors (Lipinski definition) is 3. The first kappa shape index (κ1) is 11.8. The fourth-order valence-electron chi connectivity index (χ4n) is 1.72. The third kappa shape index (κ3) is 3.15. The minimum absolute atomic E-state index is 0.228. The first-order chi connectivity index (χ1) is 8.27. The first-order valence-electron chi connectivity index (χ1n) is 5.57. The van der Waals surface area contributed by atoms with Gasteiger partial charge < -0.3 is 21.1 Å². The van der Waals surface area contributed by atoms with Crippen molar-refractivity contribution in [2.75, 3.05) is 31.6 Å². The summed E-state index contributed by atoms with van der Waals surface area (Å²) in [5.41, 5.74) is 5.67. The number of morpholine rings is 1. The summed E-state index contributed by atoms with van der Waals surface area (Å²) < 4.78 is 5.33. The van der Waals surface area contributed by atoms with E-state index >= 15 is 0 Å². The lowest BCUT2D eigenvalue weighted by Crippen LogP contribution is -2.45. The van der Waals surface area contributed by atoms with Crippen molar-refractivity contribution < 1.29 is 9.53 Å². The summed E-state index contributed by atoms with van der Waals surface area (Å²) in [6.07, 6.45) is 1.62. The fraction of sp³-hybridized carbons (Fsp3) is 0.455. The maximum Gasteiger partial charge on any atom is 0.252 e. The van der Waals surface area contributed by atoms with Crippen LogP contribution in [0.15, 0.2) is 18.3 Å². The average molecular weight is 236 g/mol. The molecule has 4 N–H and O–H groups in total. The van der Waals surface area contributed by atoms with E-state index in [1.165, 1.54) is 0 Å². The van der Waals surface area contributed by atoms with Crippen molar-refractivity contribution in [3.63, 3.8) is 0 Å². The van der Waals surface area contributed by atoms with Gasteiger partial charge in [0.2, 0.25) is 0 Å². The van der Waals surface area contributed by atoms with Crippen LogP contribution in [0.4, 0.5) is 5.82 Å². The average Bonchev–Trinajstić information content (AvgIpc) is 2.38. The summed E-state index contributed by atoms with van der Waals surface area (Å²) in [4.78, 5) is 15.3. The smallest absolute Gasteiger partial charge is 0.252 e. The number of primary amides is 1. The summed E-state index contributed by atoms with van der Waals surface area (Å²) in [6, 6.07) is 3.57. The largest absolute Gasteiger partial charge is 0.378 e. The van der Waals surface area contributed by atoms with Gasteiger partial charge in [-0.2, -0.15) is 0 Å². The van der Waals surface area contributed by atoms with E-state index in [9.17, 15) is 4.79 Å². The Labute approximate surface area is 99.5 Å². The van der Waals surface area contributed by atoms with E-state index in [2.05, 4.69) is 15.6 Å². The molecule has 17 heavy (non-hydrogen) atoms. The highest BCUT2D eigenvalue weighted by Crippen LogP contribution is 2.10. The molecule has 0 saturated carbocycles. The van der Waals surface area contributed by atoms with Gasteiger partial charge in [0, 0.05) is 25.3 Å². The van der Waals surface area contributed by atoms with Gasteiger partial charge in [0.15, 0.2) is 0 Å². The highest BCUT2D eigenvalue weighted by Gasteiger charge is 2.14. The summed E-state index contributed by atoms with van der Waals surface area (Å²) in [5, 5.41) is 6.42. The SMILES string of the molecule is NC(=O)c1cccnc1NCC1COCCN1. The van der Waals surface area contributed by atoms with Crippen LogP contribution in [0.3, 0.4) is 0 Å². The molecule has 1 amide bonds. The van der Waals surface area contributed by atoms with Crippen LogP contribution in [0, 0.1) is 0 Å². The van der Waals surface area contributed by atoms with Crippen molar-refractivity contribution in [3.05, 3.63) is 23.9 Å². The second-order valence-electron chi connectivity index (χ2n) is 3.87. The molecule has 1 aromatic rings. The number of carbonyl (C=O) groups is 1. The Bertz CT molecular complexity index is 391. The zero-order valence-electron chi connectivity index (χ0n) is 9.48. The molecule has 1 saturated heterocycles. The van der Waals surface area contributed by atoms with E-state index in [-0.39, 0.29) is 6.04 Å². The fourth-order valence-corrected chi connectivity index (χ4v) is 1.72. The molecule has 0 aliphatic carbocycles. The maximum absolute atomic E-state index is 11.2. The molecule has 2 heterocycles. The Morgan fingerprint density at radius 3 is 3.29 bits per heavy atom. The van der Waals surface area contributed by atoms with E-state index in [4.69, 9.17) is 10.5 Å². The van der Waals surface area contributed by atoms with Gasteiger partial charge in [-0.15, -0.1) is 0 Å². The topological polar surface area (TPSA) is 89.3 Å². The van der Waals surface area contributed by atoms with Crippen molar-refractivity contribution in [1.29, 1.82) is 0 Å². The molecule has 1 aromatic heterocycles. The zero-order valence-corrected chi connectivity index (χ0v) is 9.48. The Balaban J connectivity index is 1.96. The van der Waals surface area contributed by atoms with Crippen molar-refractivity contribution in [1.82, 2.24) is 10.3 Å². The Kier molecular flexibility index (Phi) is 3.89. The molecule has 1 aliphatic rings. The lowest BCUT2D eigenvalue weighted by atomic mass is 10.2. The Morgan fingerprint density at radius 2 is 2.59 bits per heavy atom. The van der Waals surface area contributed by atoms with Crippen molar-refractivity contribution in [2.45, 2.75) is 6.04 Å². The molecule has 1 atom stereocenters. The van der Waals surface area contributed by atoms with Crippen LogP contribution in [-0.2, 0) is 4.74 Å². The number of ether oxygens (including phenoxy) is 1. The van der Waals surface area contributed by atoms with Crippen LogP contribution in [0.5, 0.6) is 0 Å². The molecule has 1 aliphatic heterocycles. The van der Waals surface area contributed by atoms with Crippen LogP contribution >= 0.6 is 0 Å². The van der Waals surface area contributed by atoms with E-state index in [0.717, 1.165) is 13.2 Å². The number of aromatic nitrogens is 1. The molecule has 6 heteroatoms. The highest BCUT2D eigenvalue weighted by molar-refractivity contribution is 5.97. The number of rotatable bonds is 4. The third-order valence-electron chi connectivity index (χ3n) is 2.59. The minimum atomic E-state index is -0.478. The molecule has 1 fully saturated rings. The molecule has 0 bridgehead atoms. The summed E-state index contributed by atoms with van der Waals surface area (Å²) >= 11 is 0. The number of anilines is 1. The number of nitrogens with one attached hydrogen (secondary N) is 2. The number of nitrogens with two attached hydrogens (primary N) is 1. The summed E-state index contributed by atoms with van der Waals surface area (Å²) in [6.45, 7) is 2.90. The maximum atomic E-state index is 11.2. The summed E-state index contributed by atoms with van der Waals surface area (Å²) in [7, 11) is 0. The van der Waals surface area contributed by atoms with Crippen LogP contribution in [0.25, 0.3) is 0 Å². The summed E-state index contributed by atoms with van der Waals surface area (Å²) in [5.74, 6) is 0.0424. The second kappa shape index (κ2) is 5.60. The van der Waals surface area contributed by atoms with Gasteiger partial charge in [-0.25, -0.2) is 4.98 Å². The predicted octanol–water partition coefficient (Wildman–Crippen LogP) is -0.419. The normalized spacial score (nSPS) is 19.9. The van der Waals surface area contributed by atoms with E-state index in [0.29, 0.717) is 24.5 Å². The third-order valence-corrected chi connectivity index (χ3v) is 2.59. The molecule has 0 radical (unpaired) electrons. The second-order valence-corrected chi connectivity index (χ2v) is 3.87. The van der Waals surface area contributed by atoms with Crippen molar-refractivity contribution in [2.24, 2.45) is 5.73 Å². The number of nitrogens with zero attached hydrogens (tertiary/aromatic N) is 1. The number of hydrogen-bond acceptors (Lipinski definition) is 5. The Morgan fingerprint density at radius 1 is 1.71 bits per heavy atom. The molecule has 92 valence electrons. The lowest BCUT2D eigenvalue weighted by molar-refractivity contribution is 0.0806. The van der Waals surface area contributed by atoms with Crippen LogP contribution < -0.4 is 16.4 Å². The van der Waals surface area contributed by atoms with Gasteiger partial charge in [-0.3, -0.25) is 4.79 Å². The predicted molar refractivity (Wildman–Crippen MR) is 63.9 cm³/mol. The lowest BCUT2D eigenvalue weighted by Gasteiger charge is -2.24. The van der Waals surface area contributed by atoms with Gasteiger partial charge in [0.05, 0.1) is 18.8 Å². The van der Waals surface area contributed by atoms with E-state index < -0.39 is 5.91 Å². The quantitative estimate of drug-likeness (QED) is 0.660. The minimum Gasteiger partial charge on any atom is -0.378 e. The van der Waals surface area contributed by atoms with Crippen molar-refractivity contribution in [3.8, 4) is 0 Å². The van der Waals surface area contributed by atoms with Crippen LogP contribution in [0.2, 0.25) is 0 Å². The van der Waals surface area contributed by atoms with Gasteiger partial charge >= 0.3 is 0 Å². The van der Waals surface area contributed by atoms with Crippen LogP contribution in [0.1, 0.15) is 10.4 Å². The van der Waals surface area contributed by atoms with Gasteiger partial charge in [-0.1, -0.05) is 0 Å². The molecular formula is C11H16N4O2. The van der Waals surface area contributed by atoms with Gasteiger partial charge in [0.25, 0.3) is 5.91 Å².